The van der Waals surface area contributed by atoms with Gasteiger partial charge in [-0.15, -0.1) is 0 Å². The zero-order chi connectivity index (χ0) is 18.9. The average Bonchev–Trinajstić information content (AvgIpc) is 2.63. The van der Waals surface area contributed by atoms with Crippen LogP contribution >= 0.6 is 0 Å². The van der Waals surface area contributed by atoms with E-state index >= 15 is 0 Å². The lowest BCUT2D eigenvalue weighted by Gasteiger charge is -2.20. The molecular formula is C18H38N2O5. The van der Waals surface area contributed by atoms with Crippen LogP contribution in [0.3, 0.4) is 0 Å². The molecule has 0 aliphatic heterocycles. The Bertz CT molecular complexity index is 318. The molecule has 0 aromatic rings. The lowest BCUT2D eigenvalue weighted by atomic mass is 10.1. The third kappa shape index (κ3) is 13.2. The molecule has 0 spiro atoms. The molecule has 0 fully saturated rings. The van der Waals surface area contributed by atoms with Crippen molar-refractivity contribution in [2.75, 3.05) is 26.2 Å². The second kappa shape index (κ2) is 16.7. The van der Waals surface area contributed by atoms with Crippen LogP contribution in [0.4, 0.5) is 0 Å². The summed E-state index contributed by atoms with van der Waals surface area (Å²) < 4.78 is 0. The molecule has 0 unspecified atom stereocenters. The molecule has 7 heteroatoms. The van der Waals surface area contributed by atoms with Crippen molar-refractivity contribution in [1.29, 1.82) is 0 Å². The summed E-state index contributed by atoms with van der Waals surface area (Å²) in [6.45, 7) is 3.63. The maximum absolute atomic E-state index is 11.6. The summed E-state index contributed by atoms with van der Waals surface area (Å²) in [4.78, 5) is 11.6. The minimum Gasteiger partial charge on any atom is -0.394 e. The fourth-order valence-corrected chi connectivity index (χ4v) is 2.51. The summed E-state index contributed by atoms with van der Waals surface area (Å²) in [5.74, 6) is -0.747. The number of amides is 1. The van der Waals surface area contributed by atoms with Gasteiger partial charge in [0.1, 0.15) is 12.2 Å². The summed E-state index contributed by atoms with van der Waals surface area (Å²) in [5.41, 5.74) is 0. The largest absolute Gasteiger partial charge is 0.394 e. The summed E-state index contributed by atoms with van der Waals surface area (Å²) in [6.07, 6.45) is 6.09. The molecule has 0 radical (unpaired) electrons. The van der Waals surface area contributed by atoms with Gasteiger partial charge >= 0.3 is 0 Å². The zero-order valence-corrected chi connectivity index (χ0v) is 15.6. The Morgan fingerprint density at radius 1 is 0.840 bits per heavy atom. The van der Waals surface area contributed by atoms with Gasteiger partial charge in [-0.1, -0.05) is 51.9 Å². The first-order valence-electron chi connectivity index (χ1n) is 9.68. The Labute approximate surface area is 151 Å². The van der Waals surface area contributed by atoms with Crippen molar-refractivity contribution in [3.63, 3.8) is 0 Å². The molecule has 0 saturated carbocycles. The van der Waals surface area contributed by atoms with Crippen molar-refractivity contribution in [2.24, 2.45) is 0 Å². The van der Waals surface area contributed by atoms with Gasteiger partial charge < -0.3 is 31.1 Å². The molecule has 7 nitrogen and oxygen atoms in total. The number of carbonyl (C=O) groups is 1. The average molecular weight is 363 g/mol. The van der Waals surface area contributed by atoms with E-state index in [1.165, 1.54) is 44.9 Å². The van der Waals surface area contributed by atoms with Gasteiger partial charge in [0.05, 0.1) is 6.61 Å². The zero-order valence-electron chi connectivity index (χ0n) is 15.6. The summed E-state index contributed by atoms with van der Waals surface area (Å²) in [7, 11) is 0. The second-order valence-electron chi connectivity index (χ2n) is 6.55. The summed E-state index contributed by atoms with van der Waals surface area (Å²) in [6, 6.07) is 0. The number of aliphatic hydroxyl groups is 4. The van der Waals surface area contributed by atoms with E-state index in [2.05, 4.69) is 17.6 Å². The van der Waals surface area contributed by atoms with Crippen LogP contribution in [-0.2, 0) is 4.79 Å². The third-order valence-corrected chi connectivity index (χ3v) is 4.21. The van der Waals surface area contributed by atoms with Crippen molar-refractivity contribution >= 4 is 5.91 Å². The smallest absolute Gasteiger partial charge is 0.251 e. The molecule has 0 bridgehead atoms. The molecule has 0 rings (SSSR count). The number of hydrogen-bond acceptors (Lipinski definition) is 6. The highest BCUT2D eigenvalue weighted by Gasteiger charge is 2.29. The first-order chi connectivity index (χ1) is 12.0. The van der Waals surface area contributed by atoms with Gasteiger partial charge in [0.2, 0.25) is 0 Å². The van der Waals surface area contributed by atoms with E-state index in [-0.39, 0.29) is 0 Å². The molecule has 6 N–H and O–H groups in total. The highest BCUT2D eigenvalue weighted by Crippen LogP contribution is 2.07. The van der Waals surface area contributed by atoms with Crippen molar-refractivity contribution in [2.45, 2.75) is 83.0 Å². The van der Waals surface area contributed by atoms with E-state index in [4.69, 9.17) is 5.11 Å². The van der Waals surface area contributed by atoms with Crippen LogP contribution in [0.15, 0.2) is 0 Å². The number of unbranched alkanes of at least 4 members (excludes halogenated alkanes) is 7. The number of rotatable bonds is 17. The van der Waals surface area contributed by atoms with Crippen LogP contribution in [0, 0.1) is 0 Å². The van der Waals surface area contributed by atoms with Crippen LogP contribution in [-0.4, -0.2) is 70.9 Å². The standard InChI is InChI=1S/C18H38N2O5/c1-2-3-4-5-6-7-8-9-11-19-12-10-13-20-18(25)17(24)16(23)15(22)14-21/h15-17,19,21-24H,2-14H2,1H3,(H,20,25)/t15-,16-,17-/m1/s1. The van der Waals surface area contributed by atoms with Crippen LogP contribution in [0.1, 0.15) is 64.7 Å². The maximum atomic E-state index is 11.6. The minimum absolute atomic E-state index is 0.377. The number of nitrogens with one attached hydrogen (secondary N) is 2. The van der Waals surface area contributed by atoms with E-state index in [1.807, 2.05) is 0 Å². The molecule has 150 valence electrons. The molecule has 25 heavy (non-hydrogen) atoms. The Kier molecular flexibility index (Phi) is 16.2. The second-order valence-corrected chi connectivity index (χ2v) is 6.55. The Morgan fingerprint density at radius 2 is 1.40 bits per heavy atom. The van der Waals surface area contributed by atoms with E-state index in [1.54, 1.807) is 0 Å². The normalized spacial score (nSPS) is 14.9. The maximum Gasteiger partial charge on any atom is 0.251 e. The van der Waals surface area contributed by atoms with Crippen LogP contribution in [0.2, 0.25) is 0 Å². The van der Waals surface area contributed by atoms with Gasteiger partial charge in [-0.2, -0.15) is 0 Å². The van der Waals surface area contributed by atoms with E-state index < -0.39 is 30.8 Å². The van der Waals surface area contributed by atoms with Gasteiger partial charge in [0.25, 0.3) is 5.91 Å². The first kappa shape index (κ1) is 24.3. The predicted molar refractivity (Wildman–Crippen MR) is 98.2 cm³/mol. The molecular weight excluding hydrogens is 324 g/mol. The van der Waals surface area contributed by atoms with Crippen molar-refractivity contribution in [3.05, 3.63) is 0 Å². The molecule has 0 aromatic carbocycles. The molecule has 0 saturated heterocycles. The van der Waals surface area contributed by atoms with Crippen molar-refractivity contribution < 1.29 is 25.2 Å². The Morgan fingerprint density at radius 3 is 2.00 bits per heavy atom. The van der Waals surface area contributed by atoms with Crippen LogP contribution < -0.4 is 10.6 Å². The Balaban J connectivity index is 3.42. The number of aliphatic hydroxyl groups excluding tert-OH is 4. The SMILES string of the molecule is CCCCCCCCCCNCCCNC(=O)[C@H](O)[C@H](O)[C@H](O)CO. The number of carbonyl (C=O) groups excluding carboxylic acids is 1. The van der Waals surface area contributed by atoms with Crippen LogP contribution in [0.5, 0.6) is 0 Å². The predicted octanol–water partition coefficient (Wildman–Crippen LogP) is 0.298. The fourth-order valence-electron chi connectivity index (χ4n) is 2.51. The van der Waals surface area contributed by atoms with Gasteiger partial charge in [-0.3, -0.25) is 4.79 Å². The van der Waals surface area contributed by atoms with Gasteiger partial charge in [-0.05, 0) is 25.9 Å². The summed E-state index contributed by atoms with van der Waals surface area (Å²) >= 11 is 0. The quantitative estimate of drug-likeness (QED) is 0.207. The highest BCUT2D eigenvalue weighted by atomic mass is 16.4. The van der Waals surface area contributed by atoms with Gasteiger partial charge in [0, 0.05) is 6.54 Å². The molecule has 0 aliphatic carbocycles. The molecule has 0 aliphatic rings. The van der Waals surface area contributed by atoms with E-state index in [9.17, 15) is 20.1 Å². The molecule has 0 heterocycles. The summed E-state index contributed by atoms with van der Waals surface area (Å²) in [5, 5.41) is 42.6. The number of hydrogen-bond donors (Lipinski definition) is 6. The van der Waals surface area contributed by atoms with E-state index in [0.717, 1.165) is 19.5 Å². The highest BCUT2D eigenvalue weighted by molar-refractivity contribution is 5.81. The van der Waals surface area contributed by atoms with E-state index in [0.29, 0.717) is 13.0 Å². The monoisotopic (exact) mass is 362 g/mol. The van der Waals surface area contributed by atoms with Crippen molar-refractivity contribution in [1.82, 2.24) is 10.6 Å². The Hall–Kier alpha value is -0.730. The topological polar surface area (TPSA) is 122 Å². The first-order valence-corrected chi connectivity index (χ1v) is 9.68. The molecule has 3 atom stereocenters. The van der Waals surface area contributed by atoms with Crippen LogP contribution in [0.25, 0.3) is 0 Å². The van der Waals surface area contributed by atoms with Crippen molar-refractivity contribution in [3.8, 4) is 0 Å². The lowest BCUT2D eigenvalue weighted by molar-refractivity contribution is -0.142. The van der Waals surface area contributed by atoms with Gasteiger partial charge in [0.15, 0.2) is 6.10 Å². The molecule has 1 amide bonds. The molecule has 0 aromatic heterocycles. The fraction of sp³-hybridized carbons (Fsp3) is 0.944. The van der Waals surface area contributed by atoms with Gasteiger partial charge in [-0.25, -0.2) is 0 Å². The minimum atomic E-state index is -1.74. The lowest BCUT2D eigenvalue weighted by Crippen LogP contribution is -2.48. The third-order valence-electron chi connectivity index (χ3n) is 4.21.